The van der Waals surface area contributed by atoms with E-state index < -0.39 is 0 Å². The van der Waals surface area contributed by atoms with Crippen molar-refractivity contribution in [2.45, 2.75) is 51.1 Å². The van der Waals surface area contributed by atoms with Gasteiger partial charge in [-0.05, 0) is 44.2 Å². The van der Waals surface area contributed by atoms with Crippen LogP contribution in [0.3, 0.4) is 0 Å². The zero-order valence-corrected chi connectivity index (χ0v) is 21.8. The van der Waals surface area contributed by atoms with E-state index in [1.807, 2.05) is 19.1 Å². The third-order valence-electron chi connectivity index (χ3n) is 7.16. The smallest absolute Gasteiger partial charge is 0.172 e. The molecule has 0 atom stereocenters. The highest BCUT2D eigenvalue weighted by Crippen LogP contribution is 2.35. The molecule has 3 aliphatic rings. The Morgan fingerprint density at radius 1 is 1.11 bits per heavy atom. The van der Waals surface area contributed by atoms with E-state index in [9.17, 15) is 4.79 Å². The molecule has 5 rings (SSSR count). The second kappa shape index (κ2) is 11.7. The second-order valence-corrected chi connectivity index (χ2v) is 9.85. The van der Waals surface area contributed by atoms with Gasteiger partial charge >= 0.3 is 0 Å². The number of thiol groups is 1. The summed E-state index contributed by atoms with van der Waals surface area (Å²) in [7, 11) is 0. The predicted molar refractivity (Wildman–Crippen MR) is 145 cm³/mol. The number of anilines is 4. The molecule has 1 saturated carbocycles. The van der Waals surface area contributed by atoms with Gasteiger partial charge in [-0.15, -0.1) is 12.6 Å². The van der Waals surface area contributed by atoms with Crippen LogP contribution in [-0.2, 0) is 11.2 Å². The first-order valence-electron chi connectivity index (χ1n) is 13.0. The number of hydrogen-bond acceptors (Lipinski definition) is 10. The van der Waals surface area contributed by atoms with Crippen LogP contribution in [0.15, 0.2) is 18.2 Å². The Morgan fingerprint density at radius 3 is 2.56 bits per heavy atom. The molecular formula is C26H36N6O3S. The summed E-state index contributed by atoms with van der Waals surface area (Å²) in [6, 6.07) is 7.11. The fraction of sp³-hybridized carbons (Fsp3) is 0.577. The van der Waals surface area contributed by atoms with Gasteiger partial charge in [0, 0.05) is 63.2 Å². The molecular weight excluding hydrogens is 476 g/mol. The van der Waals surface area contributed by atoms with Crippen LogP contribution in [0.25, 0.3) is 0 Å². The molecule has 0 amide bonds. The van der Waals surface area contributed by atoms with Crippen LogP contribution in [0, 0.1) is 0 Å². The molecule has 9 nitrogen and oxygen atoms in total. The summed E-state index contributed by atoms with van der Waals surface area (Å²) in [5, 5.41) is 6.83. The molecule has 2 aromatic rings. The summed E-state index contributed by atoms with van der Waals surface area (Å²) in [5.41, 5.74) is 2.93. The average Bonchev–Trinajstić information content (AvgIpc) is 3.76. The standard InChI is InChI=1S/C26H36N6O3S/c1-2-21-25(27-18-7-13-34-14-8-18)30-26(22(16-33)29-21)28-19-3-6-23(24(15-19)35-17-36)32-11-9-31(10-12-32)20-4-5-20/h3,6,15-16,18,20,36H,2,4-5,7-14,17H2,1H3,(H2,27,28,30). The quantitative estimate of drug-likeness (QED) is 0.250. The van der Waals surface area contributed by atoms with E-state index in [0.717, 1.165) is 93.2 Å². The average molecular weight is 513 g/mol. The molecule has 2 aliphatic heterocycles. The fourth-order valence-electron chi connectivity index (χ4n) is 5.00. The highest BCUT2D eigenvalue weighted by atomic mass is 32.1. The van der Waals surface area contributed by atoms with Gasteiger partial charge in [-0.2, -0.15) is 0 Å². The summed E-state index contributed by atoms with van der Waals surface area (Å²) in [6.45, 7) is 7.61. The molecule has 0 radical (unpaired) electrons. The number of aryl methyl sites for hydroxylation is 1. The number of carbonyl (C=O) groups is 1. The number of aldehydes is 1. The maximum atomic E-state index is 11.9. The van der Waals surface area contributed by atoms with Gasteiger partial charge in [0.2, 0.25) is 0 Å². The molecule has 2 N–H and O–H groups in total. The van der Waals surface area contributed by atoms with Crippen LogP contribution in [0.2, 0.25) is 0 Å². The van der Waals surface area contributed by atoms with Crippen LogP contribution in [-0.4, -0.2) is 78.6 Å². The van der Waals surface area contributed by atoms with Crippen LogP contribution >= 0.6 is 12.6 Å². The Morgan fingerprint density at radius 2 is 1.89 bits per heavy atom. The number of aromatic nitrogens is 2. The molecule has 0 unspecified atom stereocenters. The lowest BCUT2D eigenvalue weighted by atomic mass is 10.1. The lowest BCUT2D eigenvalue weighted by molar-refractivity contribution is 0.0903. The van der Waals surface area contributed by atoms with Crippen molar-refractivity contribution in [1.82, 2.24) is 14.9 Å². The number of piperazine rings is 1. The zero-order chi connectivity index (χ0) is 24.9. The molecule has 1 aliphatic carbocycles. The van der Waals surface area contributed by atoms with Crippen molar-refractivity contribution >= 4 is 41.9 Å². The topological polar surface area (TPSA) is 91.9 Å². The number of benzene rings is 1. The fourth-order valence-corrected chi connectivity index (χ4v) is 5.14. The number of nitrogens with zero attached hydrogens (tertiary/aromatic N) is 4. The first-order valence-corrected chi connectivity index (χ1v) is 13.7. The van der Waals surface area contributed by atoms with Crippen molar-refractivity contribution in [2.75, 3.05) is 60.9 Å². The van der Waals surface area contributed by atoms with Crippen LogP contribution in [0.1, 0.15) is 48.8 Å². The minimum absolute atomic E-state index is 0.280. The van der Waals surface area contributed by atoms with E-state index in [2.05, 4.69) is 44.1 Å². The van der Waals surface area contributed by atoms with Gasteiger partial charge < -0.3 is 25.0 Å². The van der Waals surface area contributed by atoms with E-state index in [-0.39, 0.29) is 12.0 Å². The Labute approximate surface area is 218 Å². The molecule has 2 saturated heterocycles. The van der Waals surface area contributed by atoms with Crippen LogP contribution in [0.5, 0.6) is 5.75 Å². The van der Waals surface area contributed by atoms with Gasteiger partial charge in [0.05, 0.1) is 11.4 Å². The third kappa shape index (κ3) is 5.87. The van der Waals surface area contributed by atoms with E-state index in [4.69, 9.17) is 14.5 Å². The van der Waals surface area contributed by atoms with Gasteiger partial charge in [0.1, 0.15) is 23.2 Å². The van der Waals surface area contributed by atoms with Crippen molar-refractivity contribution in [3.8, 4) is 5.75 Å². The number of nitrogens with one attached hydrogen (secondary N) is 2. The summed E-state index contributed by atoms with van der Waals surface area (Å²) < 4.78 is 11.4. The molecule has 3 fully saturated rings. The lowest BCUT2D eigenvalue weighted by Gasteiger charge is -2.37. The van der Waals surface area contributed by atoms with Crippen molar-refractivity contribution in [3.63, 3.8) is 0 Å². The number of rotatable bonds is 10. The minimum atomic E-state index is 0.280. The van der Waals surface area contributed by atoms with Crippen molar-refractivity contribution in [1.29, 1.82) is 0 Å². The summed E-state index contributed by atoms with van der Waals surface area (Å²) in [4.78, 5) is 26.2. The Bertz CT molecular complexity index is 1050. The van der Waals surface area contributed by atoms with Gasteiger partial charge in [-0.1, -0.05) is 6.92 Å². The Kier molecular flexibility index (Phi) is 8.13. The van der Waals surface area contributed by atoms with E-state index in [1.165, 1.54) is 12.8 Å². The summed E-state index contributed by atoms with van der Waals surface area (Å²) in [5.74, 6) is 2.19. The normalized spacial score (nSPS) is 19.2. The van der Waals surface area contributed by atoms with E-state index in [0.29, 0.717) is 17.9 Å². The first-order chi connectivity index (χ1) is 17.7. The molecule has 1 aromatic carbocycles. The molecule has 194 valence electrons. The zero-order valence-electron chi connectivity index (χ0n) is 20.9. The molecule has 3 heterocycles. The molecule has 0 bridgehead atoms. The third-order valence-corrected chi connectivity index (χ3v) is 7.29. The molecule has 1 aromatic heterocycles. The summed E-state index contributed by atoms with van der Waals surface area (Å²) in [6.07, 6.45) is 5.96. The summed E-state index contributed by atoms with van der Waals surface area (Å²) >= 11 is 4.30. The van der Waals surface area contributed by atoms with Crippen LogP contribution < -0.4 is 20.3 Å². The largest absolute Gasteiger partial charge is 0.481 e. The van der Waals surface area contributed by atoms with Gasteiger partial charge in [-0.3, -0.25) is 9.69 Å². The predicted octanol–water partition coefficient (Wildman–Crippen LogP) is 3.74. The SMILES string of the molecule is CCc1nc(C=O)c(Nc2ccc(N3CCN(C4CC4)CC3)c(OCS)c2)nc1NC1CCOCC1. The maximum Gasteiger partial charge on any atom is 0.172 e. The second-order valence-electron chi connectivity index (χ2n) is 9.59. The van der Waals surface area contributed by atoms with Gasteiger partial charge in [0.25, 0.3) is 0 Å². The Hall–Kier alpha value is -2.56. The molecule has 36 heavy (non-hydrogen) atoms. The first kappa shape index (κ1) is 25.1. The highest BCUT2D eigenvalue weighted by Gasteiger charge is 2.31. The number of ether oxygens (including phenoxy) is 2. The van der Waals surface area contributed by atoms with E-state index >= 15 is 0 Å². The molecule has 0 spiro atoms. The van der Waals surface area contributed by atoms with Gasteiger partial charge in [0.15, 0.2) is 12.1 Å². The number of carbonyl (C=O) groups excluding carboxylic acids is 1. The van der Waals surface area contributed by atoms with Gasteiger partial charge in [-0.25, -0.2) is 9.97 Å². The minimum Gasteiger partial charge on any atom is -0.481 e. The molecule has 10 heteroatoms. The van der Waals surface area contributed by atoms with Crippen LogP contribution in [0.4, 0.5) is 23.0 Å². The van der Waals surface area contributed by atoms with E-state index in [1.54, 1.807) is 0 Å². The maximum absolute atomic E-state index is 11.9. The Balaban J connectivity index is 1.36. The van der Waals surface area contributed by atoms with Crippen molar-refractivity contribution < 1.29 is 14.3 Å². The highest BCUT2D eigenvalue weighted by molar-refractivity contribution is 7.80. The van der Waals surface area contributed by atoms with Crippen molar-refractivity contribution in [2.24, 2.45) is 0 Å². The lowest BCUT2D eigenvalue weighted by Crippen LogP contribution is -2.47. The van der Waals surface area contributed by atoms with Crippen molar-refractivity contribution in [3.05, 3.63) is 29.6 Å². The number of hydrogen-bond donors (Lipinski definition) is 3. The monoisotopic (exact) mass is 512 g/mol.